The first-order valence-corrected chi connectivity index (χ1v) is 8.01. The van der Waals surface area contributed by atoms with Crippen LogP contribution in [-0.2, 0) is 9.53 Å². The molecular formula is C16H16N2O3S. The van der Waals surface area contributed by atoms with E-state index in [0.717, 1.165) is 29.9 Å². The van der Waals surface area contributed by atoms with Crippen LogP contribution in [0.15, 0.2) is 30.3 Å². The van der Waals surface area contributed by atoms with Crippen molar-refractivity contribution < 1.29 is 14.3 Å². The van der Waals surface area contributed by atoms with Gasteiger partial charge in [0.15, 0.2) is 4.88 Å². The Morgan fingerprint density at radius 3 is 2.68 bits per heavy atom. The van der Waals surface area contributed by atoms with Crippen molar-refractivity contribution in [1.29, 1.82) is 0 Å². The average molecular weight is 316 g/mol. The van der Waals surface area contributed by atoms with Crippen LogP contribution in [0.5, 0.6) is 0 Å². The zero-order valence-electron chi connectivity index (χ0n) is 12.2. The molecule has 1 amide bonds. The van der Waals surface area contributed by atoms with Crippen LogP contribution in [0.3, 0.4) is 0 Å². The van der Waals surface area contributed by atoms with Gasteiger partial charge in [0.25, 0.3) is 0 Å². The third kappa shape index (κ3) is 3.01. The Balaban J connectivity index is 1.98. The monoisotopic (exact) mass is 316 g/mol. The number of nitrogens with zero attached hydrogens (tertiary/aromatic N) is 1. The van der Waals surface area contributed by atoms with E-state index in [1.807, 2.05) is 30.3 Å². The normalized spacial score (nSPS) is 13.7. The number of ether oxygens (including phenoxy) is 1. The molecule has 2 aromatic rings. The Morgan fingerprint density at radius 2 is 2.05 bits per heavy atom. The molecule has 1 aromatic carbocycles. The lowest BCUT2D eigenvalue weighted by Gasteiger charge is -2.08. The zero-order chi connectivity index (χ0) is 15.5. The summed E-state index contributed by atoms with van der Waals surface area (Å²) in [5, 5.41) is 2.87. The van der Waals surface area contributed by atoms with Crippen LogP contribution in [0.2, 0.25) is 0 Å². The Kier molecular flexibility index (Phi) is 4.20. The molecule has 0 bridgehead atoms. The van der Waals surface area contributed by atoms with E-state index in [9.17, 15) is 9.59 Å². The summed E-state index contributed by atoms with van der Waals surface area (Å²) < 4.78 is 9.40. The van der Waals surface area contributed by atoms with E-state index in [4.69, 9.17) is 4.74 Å². The van der Waals surface area contributed by atoms with Gasteiger partial charge < -0.3 is 10.1 Å². The maximum atomic E-state index is 12.1. The second-order valence-electron chi connectivity index (χ2n) is 5.09. The number of carbonyl (C=O) groups excluding carboxylic acids is 2. The molecule has 0 spiro atoms. The topological polar surface area (TPSA) is 68.3 Å². The molecule has 0 radical (unpaired) electrons. The van der Waals surface area contributed by atoms with Gasteiger partial charge in [-0.05, 0) is 31.3 Å². The molecule has 1 saturated carbocycles. The molecule has 1 heterocycles. The number of carbonyl (C=O) groups is 2. The van der Waals surface area contributed by atoms with Crippen LogP contribution in [0.1, 0.15) is 29.4 Å². The predicted octanol–water partition coefficient (Wildman–Crippen LogP) is 3.34. The molecule has 1 fully saturated rings. The summed E-state index contributed by atoms with van der Waals surface area (Å²) in [6.07, 6.45) is 1.80. The van der Waals surface area contributed by atoms with E-state index >= 15 is 0 Å². The van der Waals surface area contributed by atoms with Crippen molar-refractivity contribution in [2.24, 2.45) is 5.92 Å². The lowest BCUT2D eigenvalue weighted by atomic mass is 10.1. The van der Waals surface area contributed by atoms with Crippen molar-refractivity contribution >= 4 is 29.1 Å². The fraction of sp³-hybridized carbons (Fsp3) is 0.312. The summed E-state index contributed by atoms with van der Waals surface area (Å²) >= 11 is 1.05. The number of esters is 1. The first-order valence-electron chi connectivity index (χ1n) is 7.23. The second kappa shape index (κ2) is 6.27. The maximum absolute atomic E-state index is 12.1. The molecule has 3 rings (SSSR count). The standard InChI is InChI=1S/C16H16N2O3S/c1-2-21-16(20)14-13(17-15(19)11-8-9-11)12(18-22-14)10-6-4-3-5-7-10/h3-7,11H,2,8-9H2,1H3,(H,17,19). The molecule has 6 heteroatoms. The molecule has 0 unspecified atom stereocenters. The summed E-state index contributed by atoms with van der Waals surface area (Å²) in [5.74, 6) is -0.449. The molecule has 22 heavy (non-hydrogen) atoms. The van der Waals surface area contributed by atoms with Crippen LogP contribution in [0.4, 0.5) is 5.69 Å². The van der Waals surface area contributed by atoms with Gasteiger partial charge in [0.2, 0.25) is 5.91 Å². The van der Waals surface area contributed by atoms with Crippen molar-refractivity contribution in [3.05, 3.63) is 35.2 Å². The summed E-state index contributed by atoms with van der Waals surface area (Å²) in [4.78, 5) is 24.5. The number of aromatic nitrogens is 1. The Morgan fingerprint density at radius 1 is 1.32 bits per heavy atom. The van der Waals surface area contributed by atoms with Crippen LogP contribution in [0, 0.1) is 5.92 Å². The molecule has 114 valence electrons. The smallest absolute Gasteiger partial charge is 0.352 e. The molecule has 1 N–H and O–H groups in total. The van der Waals surface area contributed by atoms with E-state index in [1.54, 1.807) is 6.92 Å². The summed E-state index contributed by atoms with van der Waals surface area (Å²) in [5.41, 5.74) is 1.94. The quantitative estimate of drug-likeness (QED) is 0.859. The van der Waals surface area contributed by atoms with Gasteiger partial charge in [0.05, 0.1) is 12.3 Å². The third-order valence-electron chi connectivity index (χ3n) is 3.40. The van der Waals surface area contributed by atoms with Crippen molar-refractivity contribution in [2.75, 3.05) is 11.9 Å². The van der Waals surface area contributed by atoms with E-state index in [-0.39, 0.29) is 18.4 Å². The van der Waals surface area contributed by atoms with Crippen LogP contribution in [-0.4, -0.2) is 22.9 Å². The number of amides is 1. The average Bonchev–Trinajstić information content (AvgIpc) is 3.30. The van der Waals surface area contributed by atoms with Crippen molar-refractivity contribution in [3.8, 4) is 11.3 Å². The van der Waals surface area contributed by atoms with Gasteiger partial charge in [-0.2, -0.15) is 4.37 Å². The minimum atomic E-state index is -0.451. The van der Waals surface area contributed by atoms with Crippen molar-refractivity contribution in [1.82, 2.24) is 4.37 Å². The highest BCUT2D eigenvalue weighted by Gasteiger charge is 2.32. The van der Waals surface area contributed by atoms with Crippen LogP contribution < -0.4 is 5.32 Å². The molecule has 0 saturated heterocycles. The molecule has 5 nitrogen and oxygen atoms in total. The Hall–Kier alpha value is -2.21. The highest BCUT2D eigenvalue weighted by molar-refractivity contribution is 7.09. The Bertz CT molecular complexity index is 693. The molecule has 0 aliphatic heterocycles. The fourth-order valence-electron chi connectivity index (χ4n) is 2.11. The van der Waals surface area contributed by atoms with Crippen LogP contribution >= 0.6 is 11.5 Å². The Labute approximate surface area is 132 Å². The molecule has 1 aromatic heterocycles. The van der Waals surface area contributed by atoms with Gasteiger partial charge in [-0.3, -0.25) is 4.79 Å². The molecule has 1 aliphatic rings. The van der Waals surface area contributed by atoms with Gasteiger partial charge >= 0.3 is 5.97 Å². The predicted molar refractivity (Wildman–Crippen MR) is 84.9 cm³/mol. The molecule has 0 atom stereocenters. The van der Waals surface area contributed by atoms with E-state index in [2.05, 4.69) is 9.69 Å². The number of rotatable bonds is 5. The van der Waals surface area contributed by atoms with E-state index in [0.29, 0.717) is 16.3 Å². The van der Waals surface area contributed by atoms with Gasteiger partial charge in [-0.25, -0.2) is 4.79 Å². The first kappa shape index (κ1) is 14.7. The number of benzene rings is 1. The van der Waals surface area contributed by atoms with E-state index < -0.39 is 5.97 Å². The SMILES string of the molecule is CCOC(=O)c1snc(-c2ccccc2)c1NC(=O)C1CC1. The maximum Gasteiger partial charge on any atom is 0.352 e. The fourth-order valence-corrected chi connectivity index (χ4v) is 2.86. The number of hydrogen-bond donors (Lipinski definition) is 1. The highest BCUT2D eigenvalue weighted by atomic mass is 32.1. The minimum absolute atomic E-state index is 0.0528. The van der Waals surface area contributed by atoms with Crippen molar-refractivity contribution in [3.63, 3.8) is 0 Å². The second-order valence-corrected chi connectivity index (χ2v) is 5.86. The highest BCUT2D eigenvalue weighted by Crippen LogP contribution is 2.36. The van der Waals surface area contributed by atoms with Gasteiger partial charge in [0, 0.05) is 11.5 Å². The summed E-state index contributed by atoms with van der Waals surface area (Å²) in [7, 11) is 0. The number of hydrogen-bond acceptors (Lipinski definition) is 5. The number of anilines is 1. The van der Waals surface area contributed by atoms with Crippen molar-refractivity contribution in [2.45, 2.75) is 19.8 Å². The van der Waals surface area contributed by atoms with E-state index in [1.165, 1.54) is 0 Å². The zero-order valence-corrected chi connectivity index (χ0v) is 13.0. The largest absolute Gasteiger partial charge is 0.462 e. The lowest BCUT2D eigenvalue weighted by molar-refractivity contribution is -0.117. The van der Waals surface area contributed by atoms with Crippen LogP contribution in [0.25, 0.3) is 11.3 Å². The van der Waals surface area contributed by atoms with Gasteiger partial charge in [-0.1, -0.05) is 30.3 Å². The summed E-state index contributed by atoms with van der Waals surface area (Å²) in [6, 6.07) is 9.49. The number of nitrogens with one attached hydrogen (secondary N) is 1. The lowest BCUT2D eigenvalue weighted by Crippen LogP contribution is -2.16. The molecule has 1 aliphatic carbocycles. The molecular weight excluding hydrogens is 300 g/mol. The first-order chi connectivity index (χ1) is 10.7. The van der Waals surface area contributed by atoms with Gasteiger partial charge in [-0.15, -0.1) is 0 Å². The minimum Gasteiger partial charge on any atom is -0.462 e. The third-order valence-corrected chi connectivity index (χ3v) is 4.22. The summed E-state index contributed by atoms with van der Waals surface area (Å²) in [6.45, 7) is 2.03. The van der Waals surface area contributed by atoms with Gasteiger partial charge in [0.1, 0.15) is 5.69 Å².